The van der Waals surface area contributed by atoms with Gasteiger partial charge in [0, 0.05) is 5.56 Å². The molecule has 0 aliphatic carbocycles. The van der Waals surface area contributed by atoms with Crippen molar-refractivity contribution in [2.24, 2.45) is 5.73 Å². The van der Waals surface area contributed by atoms with E-state index in [-0.39, 0.29) is 0 Å². The van der Waals surface area contributed by atoms with Crippen molar-refractivity contribution in [1.29, 1.82) is 0 Å². The van der Waals surface area contributed by atoms with Crippen LogP contribution in [-0.2, 0) is 9.59 Å². The zero-order valence-electron chi connectivity index (χ0n) is 11.1. The van der Waals surface area contributed by atoms with Crippen molar-refractivity contribution < 1.29 is 24.2 Å². The second-order valence-electron chi connectivity index (χ2n) is 4.12. The van der Waals surface area contributed by atoms with E-state index in [2.05, 4.69) is 0 Å². The topological polar surface area (TPSA) is 98.9 Å². The van der Waals surface area contributed by atoms with Gasteiger partial charge in [-0.15, -0.1) is 0 Å². The van der Waals surface area contributed by atoms with E-state index in [0.717, 1.165) is 5.56 Å². The quantitative estimate of drug-likeness (QED) is 0.802. The Balaban J connectivity index is 3.34. The van der Waals surface area contributed by atoms with Gasteiger partial charge in [-0.25, -0.2) is 0 Å². The Morgan fingerprint density at radius 3 is 2.26 bits per heavy atom. The van der Waals surface area contributed by atoms with Gasteiger partial charge in [-0.2, -0.15) is 0 Å². The molecule has 0 saturated heterocycles. The number of amides is 1. The van der Waals surface area contributed by atoms with E-state index in [1.54, 1.807) is 12.1 Å². The molecule has 0 aromatic heterocycles. The van der Waals surface area contributed by atoms with Crippen LogP contribution in [0.25, 0.3) is 0 Å². The van der Waals surface area contributed by atoms with Crippen LogP contribution in [0, 0.1) is 6.92 Å². The maximum absolute atomic E-state index is 11.5. The zero-order valence-corrected chi connectivity index (χ0v) is 11.1. The van der Waals surface area contributed by atoms with Crippen LogP contribution in [0.3, 0.4) is 0 Å². The molecule has 1 unspecified atom stereocenters. The fraction of sp³-hybridized carbons (Fsp3) is 0.385. The van der Waals surface area contributed by atoms with Crippen LogP contribution in [-0.4, -0.2) is 31.2 Å². The molecule has 6 heteroatoms. The van der Waals surface area contributed by atoms with E-state index in [4.69, 9.17) is 20.3 Å². The predicted octanol–water partition coefficient (Wildman–Crippen LogP) is 1.06. The summed E-state index contributed by atoms with van der Waals surface area (Å²) in [5.74, 6) is -1.81. The molecule has 6 nitrogen and oxygen atoms in total. The minimum Gasteiger partial charge on any atom is -0.496 e. The first-order valence-electron chi connectivity index (χ1n) is 5.64. The first-order valence-corrected chi connectivity index (χ1v) is 5.64. The summed E-state index contributed by atoms with van der Waals surface area (Å²) >= 11 is 0. The smallest absolute Gasteiger partial charge is 0.304 e. The summed E-state index contributed by atoms with van der Waals surface area (Å²) in [7, 11) is 2.94. The summed E-state index contributed by atoms with van der Waals surface area (Å²) in [6, 6.07) is 3.28. The standard InChI is InChI=1S/C13H17NO5/c1-7-4-11(19-3)8(5-10(7)18-2)9(13(14)17)6-12(15)16/h4-5,9H,6H2,1-3H3,(H2,14,17)(H,15,16). The third-order valence-electron chi connectivity index (χ3n) is 2.84. The molecule has 1 aromatic carbocycles. The van der Waals surface area contributed by atoms with E-state index < -0.39 is 24.2 Å². The second kappa shape index (κ2) is 6.08. The fourth-order valence-corrected chi connectivity index (χ4v) is 1.88. The molecule has 1 rings (SSSR count). The van der Waals surface area contributed by atoms with Gasteiger partial charge in [0.1, 0.15) is 11.5 Å². The fourth-order valence-electron chi connectivity index (χ4n) is 1.88. The van der Waals surface area contributed by atoms with Crippen molar-refractivity contribution in [3.8, 4) is 11.5 Å². The molecule has 0 radical (unpaired) electrons. The van der Waals surface area contributed by atoms with E-state index in [9.17, 15) is 9.59 Å². The third-order valence-corrected chi connectivity index (χ3v) is 2.84. The van der Waals surface area contributed by atoms with Crippen molar-refractivity contribution in [1.82, 2.24) is 0 Å². The van der Waals surface area contributed by atoms with Crippen LogP contribution in [0.2, 0.25) is 0 Å². The first kappa shape index (κ1) is 14.8. The van der Waals surface area contributed by atoms with Gasteiger partial charge < -0.3 is 20.3 Å². The van der Waals surface area contributed by atoms with E-state index in [1.165, 1.54) is 14.2 Å². The lowest BCUT2D eigenvalue weighted by Crippen LogP contribution is -2.24. The van der Waals surface area contributed by atoms with E-state index in [0.29, 0.717) is 17.1 Å². The molecule has 0 aliphatic rings. The highest BCUT2D eigenvalue weighted by atomic mass is 16.5. The minimum absolute atomic E-state index is 0.391. The Bertz CT molecular complexity index is 498. The Kier molecular flexibility index (Phi) is 4.74. The number of aliphatic carboxylic acids is 1. The number of benzene rings is 1. The number of methoxy groups -OCH3 is 2. The van der Waals surface area contributed by atoms with Gasteiger partial charge in [-0.3, -0.25) is 9.59 Å². The van der Waals surface area contributed by atoms with Crippen molar-refractivity contribution >= 4 is 11.9 Å². The number of nitrogens with two attached hydrogens (primary N) is 1. The number of carboxylic acid groups (broad SMARTS) is 1. The number of ether oxygens (including phenoxy) is 2. The molecule has 0 bridgehead atoms. The number of carbonyl (C=O) groups excluding carboxylic acids is 1. The van der Waals surface area contributed by atoms with Gasteiger partial charge >= 0.3 is 5.97 Å². The van der Waals surface area contributed by atoms with Crippen LogP contribution in [0.15, 0.2) is 12.1 Å². The Labute approximate surface area is 111 Å². The molecule has 0 spiro atoms. The zero-order chi connectivity index (χ0) is 14.6. The van der Waals surface area contributed by atoms with E-state index >= 15 is 0 Å². The average molecular weight is 267 g/mol. The minimum atomic E-state index is -1.11. The molecule has 0 aliphatic heterocycles. The summed E-state index contributed by atoms with van der Waals surface area (Å²) in [6.45, 7) is 1.82. The number of carbonyl (C=O) groups is 2. The maximum atomic E-state index is 11.5. The van der Waals surface area contributed by atoms with Crippen molar-refractivity contribution in [3.63, 3.8) is 0 Å². The first-order chi connectivity index (χ1) is 8.90. The van der Waals surface area contributed by atoms with Gasteiger partial charge in [0.05, 0.1) is 26.6 Å². The molecule has 1 amide bonds. The molecule has 1 aromatic rings. The molecule has 0 heterocycles. The van der Waals surface area contributed by atoms with Gasteiger partial charge in [0.2, 0.25) is 5.91 Å². The molecule has 0 fully saturated rings. The van der Waals surface area contributed by atoms with Crippen LogP contribution in [0.1, 0.15) is 23.5 Å². The molecule has 19 heavy (non-hydrogen) atoms. The number of primary amides is 1. The lowest BCUT2D eigenvalue weighted by Gasteiger charge is -2.17. The summed E-state index contributed by atoms with van der Waals surface area (Å²) in [5.41, 5.74) is 6.51. The van der Waals surface area contributed by atoms with Gasteiger partial charge in [-0.1, -0.05) is 0 Å². The van der Waals surface area contributed by atoms with Crippen molar-refractivity contribution in [2.75, 3.05) is 14.2 Å². The third kappa shape index (κ3) is 3.37. The highest BCUT2D eigenvalue weighted by Gasteiger charge is 2.25. The molecule has 104 valence electrons. The largest absolute Gasteiger partial charge is 0.496 e. The van der Waals surface area contributed by atoms with Gasteiger partial charge in [-0.05, 0) is 24.6 Å². The molecule has 0 saturated carbocycles. The normalized spacial score (nSPS) is 11.7. The highest BCUT2D eigenvalue weighted by molar-refractivity contribution is 5.87. The molecular formula is C13H17NO5. The summed E-state index contributed by atoms with van der Waals surface area (Å²) in [5, 5.41) is 8.86. The van der Waals surface area contributed by atoms with Crippen molar-refractivity contribution in [2.45, 2.75) is 19.3 Å². The number of rotatable bonds is 6. The van der Waals surface area contributed by atoms with E-state index in [1.807, 2.05) is 6.92 Å². The average Bonchev–Trinajstić information content (AvgIpc) is 2.35. The number of hydrogen-bond acceptors (Lipinski definition) is 4. The monoisotopic (exact) mass is 267 g/mol. The van der Waals surface area contributed by atoms with Crippen LogP contribution in [0.5, 0.6) is 11.5 Å². The Morgan fingerprint density at radius 2 is 1.84 bits per heavy atom. The summed E-state index contributed by atoms with van der Waals surface area (Å²) in [4.78, 5) is 22.3. The lowest BCUT2D eigenvalue weighted by atomic mass is 9.93. The number of aryl methyl sites for hydroxylation is 1. The lowest BCUT2D eigenvalue weighted by molar-refractivity contribution is -0.139. The Hall–Kier alpha value is -2.24. The number of hydrogen-bond donors (Lipinski definition) is 2. The van der Waals surface area contributed by atoms with Crippen LogP contribution in [0.4, 0.5) is 0 Å². The van der Waals surface area contributed by atoms with Gasteiger partial charge in [0.15, 0.2) is 0 Å². The molecular weight excluding hydrogens is 250 g/mol. The maximum Gasteiger partial charge on any atom is 0.304 e. The highest BCUT2D eigenvalue weighted by Crippen LogP contribution is 2.34. The van der Waals surface area contributed by atoms with Crippen LogP contribution >= 0.6 is 0 Å². The molecule has 1 atom stereocenters. The summed E-state index contributed by atoms with van der Waals surface area (Å²) in [6.07, 6.45) is -0.391. The van der Waals surface area contributed by atoms with Gasteiger partial charge in [0.25, 0.3) is 0 Å². The predicted molar refractivity (Wildman–Crippen MR) is 68.5 cm³/mol. The summed E-state index contributed by atoms with van der Waals surface area (Å²) < 4.78 is 10.3. The second-order valence-corrected chi connectivity index (χ2v) is 4.12. The van der Waals surface area contributed by atoms with Crippen LogP contribution < -0.4 is 15.2 Å². The molecule has 3 N–H and O–H groups in total. The Morgan fingerprint density at radius 1 is 1.26 bits per heavy atom. The SMILES string of the molecule is COc1cc(C(CC(=O)O)C(N)=O)c(OC)cc1C. The number of carboxylic acids is 1. The van der Waals surface area contributed by atoms with Crippen molar-refractivity contribution in [3.05, 3.63) is 23.3 Å².